The molecular weight excluding hydrogens is 1050 g/mol. The van der Waals surface area contributed by atoms with Crippen LogP contribution in [0.15, 0.2) is 0 Å². The van der Waals surface area contributed by atoms with Gasteiger partial charge in [0, 0.05) is 45.2 Å². The van der Waals surface area contributed by atoms with E-state index < -0.39 is 173 Å². The third-order valence-electron chi connectivity index (χ3n) is 13.0. The van der Waals surface area contributed by atoms with Gasteiger partial charge in [0.05, 0.1) is 71.9 Å². The molecule has 0 aliphatic carbocycles. The average molecular weight is 1130 g/mol. The van der Waals surface area contributed by atoms with Crippen LogP contribution in [0.3, 0.4) is 0 Å². The van der Waals surface area contributed by atoms with Gasteiger partial charge in [-0.15, -0.1) is 0 Å². The summed E-state index contributed by atoms with van der Waals surface area (Å²) in [5.41, 5.74) is 0. The second-order valence-corrected chi connectivity index (χ2v) is 19.3. The third-order valence-corrected chi connectivity index (χ3v) is 13.0. The van der Waals surface area contributed by atoms with Crippen LogP contribution in [-0.2, 0) is 62.0 Å². The maximum atomic E-state index is 13.5. The Bertz CT molecular complexity index is 1780. The fraction of sp³-hybridized carbons (Fsp3) is 0.854. The normalized spacial score (nSPS) is 29.6. The van der Waals surface area contributed by atoms with Crippen LogP contribution in [0.2, 0.25) is 0 Å². The van der Waals surface area contributed by atoms with E-state index in [1.807, 2.05) is 0 Å². The predicted octanol–water partition coefficient (Wildman–Crippen LogP) is -8.02. The second-order valence-electron chi connectivity index (χ2n) is 19.3. The van der Waals surface area contributed by atoms with Crippen molar-refractivity contribution in [1.82, 2.24) is 26.2 Å². The molecule has 0 bridgehead atoms. The van der Waals surface area contributed by atoms with Gasteiger partial charge in [0.15, 0.2) is 24.7 Å². The first-order chi connectivity index (χ1) is 37.1. The summed E-state index contributed by atoms with van der Waals surface area (Å²) in [4.78, 5) is 91.4. The van der Waals surface area contributed by atoms with Crippen molar-refractivity contribution in [3.63, 3.8) is 0 Å². The number of rotatable bonds is 38. The first kappa shape index (κ1) is 68.4. The van der Waals surface area contributed by atoms with E-state index in [-0.39, 0.29) is 83.1 Å². The molecule has 3 fully saturated rings. The molecule has 0 aromatic rings. The number of aliphatic hydroxyl groups excluding tert-OH is 12. The van der Waals surface area contributed by atoms with E-state index in [1.165, 1.54) is 0 Å². The number of nitrogens with zero attached hydrogens (tertiary/aromatic N) is 1. The number of carbonyl (C=O) groups is 7. The zero-order chi connectivity index (χ0) is 57.9. The predicted molar refractivity (Wildman–Crippen MR) is 263 cm³/mol. The summed E-state index contributed by atoms with van der Waals surface area (Å²) < 4.78 is 32.2. The highest BCUT2D eigenvalue weighted by Crippen LogP contribution is 2.25. The van der Waals surface area contributed by atoms with Crippen molar-refractivity contribution >= 4 is 41.0 Å². The highest BCUT2D eigenvalue weighted by Gasteiger charge is 2.46. The highest BCUT2D eigenvalue weighted by atomic mass is 16.7. The summed E-state index contributed by atoms with van der Waals surface area (Å²) >= 11 is 0. The summed E-state index contributed by atoms with van der Waals surface area (Å²) in [7, 11) is 0. The summed E-state index contributed by atoms with van der Waals surface area (Å²) in [6, 6.07) is -1.10. The molecule has 3 aliphatic rings. The molecule has 0 radical (unpaired) electrons. The average Bonchev–Trinajstić information content (AvgIpc) is 3.42. The third kappa shape index (κ3) is 23.3. The fourth-order valence-corrected chi connectivity index (χ4v) is 8.40. The molecular formula is C48H83N5O25. The molecule has 30 heteroatoms. The molecule has 78 heavy (non-hydrogen) atoms. The van der Waals surface area contributed by atoms with Crippen LogP contribution < -0.4 is 21.3 Å². The van der Waals surface area contributed by atoms with Crippen LogP contribution >= 0.6 is 0 Å². The maximum absolute atomic E-state index is 13.5. The van der Waals surface area contributed by atoms with E-state index in [9.17, 15) is 94.8 Å². The van der Waals surface area contributed by atoms with E-state index in [0.717, 1.165) is 4.90 Å². The number of aliphatic hydroxyl groups is 12. The Labute approximate surface area is 450 Å². The van der Waals surface area contributed by atoms with Crippen molar-refractivity contribution in [3.8, 4) is 0 Å². The minimum absolute atomic E-state index is 0.0125. The van der Waals surface area contributed by atoms with Crippen LogP contribution in [0.1, 0.15) is 84.0 Å². The Morgan fingerprint density at radius 1 is 0.462 bits per heavy atom. The van der Waals surface area contributed by atoms with Crippen LogP contribution in [0.4, 0.5) is 0 Å². The number of unbranched alkanes of at least 4 members (excludes halogenated alkanes) is 2. The minimum atomic E-state index is -1.71. The molecule has 0 aromatic heterocycles. The Morgan fingerprint density at radius 3 is 1.41 bits per heavy atom. The Morgan fingerprint density at radius 2 is 0.910 bits per heavy atom. The minimum Gasteiger partial charge on any atom is -0.394 e. The topological polar surface area (TPSA) is 469 Å². The number of ketones is 3. The standard InChI is InChI=1S/C48H83N5O25/c1-2-26(57)9-3-4-13-33(60)49-14-6-5-11-28(29(59)12-8-17-74-47-44(71)41(68)38(65)31(24-55)77-47)52-34(61)19-51-36(63)22-53(20-27(58)10-7-16-73-46-43(70)40(67)37(64)30(23-54)76-46)21-35(62)50-15-18-75-48-45(72)42(69)39(66)32(25-56)78-48/h28,30-32,37-48,54-56,64-72H,2-25H2,1H3,(H,49,60)(H,50,62)(H,51,63)(H,52,61)/t28-,30+,31+,32+,37+,38+,39+,40-,41-,42-,43-,44-,45+,46-,47-,48+/m0/s1. The molecule has 3 saturated heterocycles. The Balaban J connectivity index is 1.59. The van der Waals surface area contributed by atoms with Crippen molar-refractivity contribution in [2.24, 2.45) is 0 Å². The lowest BCUT2D eigenvalue weighted by Gasteiger charge is -2.39. The first-order valence-corrected chi connectivity index (χ1v) is 26.3. The van der Waals surface area contributed by atoms with Gasteiger partial charge >= 0.3 is 0 Å². The van der Waals surface area contributed by atoms with Gasteiger partial charge in [-0.05, 0) is 44.9 Å². The summed E-state index contributed by atoms with van der Waals surface area (Å²) in [6.07, 6.45) is -20.3. The van der Waals surface area contributed by atoms with Gasteiger partial charge < -0.3 is 111 Å². The summed E-state index contributed by atoms with van der Waals surface area (Å²) in [5, 5.41) is 130. The molecule has 0 unspecified atom stereocenters. The molecule has 16 atom stereocenters. The molecule has 3 heterocycles. The molecule has 0 saturated carbocycles. The number of Topliss-reactive ketones (excluding diaryl/α,β-unsaturated/α-hetero) is 3. The summed E-state index contributed by atoms with van der Waals surface area (Å²) in [5.74, 6) is -3.41. The smallest absolute Gasteiger partial charge is 0.239 e. The molecule has 16 N–H and O–H groups in total. The first-order valence-electron chi connectivity index (χ1n) is 26.3. The zero-order valence-corrected chi connectivity index (χ0v) is 43.8. The second kappa shape index (κ2) is 36.5. The van der Waals surface area contributed by atoms with Gasteiger partial charge in [0.1, 0.15) is 84.8 Å². The number of amides is 4. The van der Waals surface area contributed by atoms with E-state index in [0.29, 0.717) is 38.5 Å². The lowest BCUT2D eigenvalue weighted by molar-refractivity contribution is -0.301. The van der Waals surface area contributed by atoms with Crippen LogP contribution in [-0.4, -0.2) is 284 Å². The number of hydrogen-bond donors (Lipinski definition) is 16. The van der Waals surface area contributed by atoms with Gasteiger partial charge in [-0.25, -0.2) is 0 Å². The van der Waals surface area contributed by atoms with Crippen LogP contribution in [0, 0.1) is 0 Å². The lowest BCUT2D eigenvalue weighted by Crippen LogP contribution is -2.59. The number of carbonyl (C=O) groups excluding carboxylic acids is 7. The molecule has 0 aromatic carbocycles. The van der Waals surface area contributed by atoms with Gasteiger partial charge in [-0.1, -0.05) is 6.92 Å². The van der Waals surface area contributed by atoms with Gasteiger partial charge in [0.25, 0.3) is 0 Å². The quantitative estimate of drug-likeness (QED) is 0.0255. The van der Waals surface area contributed by atoms with E-state index in [4.69, 9.17) is 28.4 Å². The lowest BCUT2D eigenvalue weighted by atomic mass is 9.99. The van der Waals surface area contributed by atoms with Crippen molar-refractivity contribution in [2.45, 2.75) is 182 Å². The zero-order valence-electron chi connectivity index (χ0n) is 43.8. The van der Waals surface area contributed by atoms with Crippen molar-refractivity contribution in [3.05, 3.63) is 0 Å². The number of nitrogens with one attached hydrogen (secondary N) is 4. The fourth-order valence-electron chi connectivity index (χ4n) is 8.40. The highest BCUT2D eigenvalue weighted by molar-refractivity contribution is 5.91. The van der Waals surface area contributed by atoms with E-state index in [2.05, 4.69) is 21.3 Å². The van der Waals surface area contributed by atoms with Crippen molar-refractivity contribution < 1.29 is 123 Å². The van der Waals surface area contributed by atoms with E-state index in [1.54, 1.807) is 6.92 Å². The monoisotopic (exact) mass is 1130 g/mol. The maximum Gasteiger partial charge on any atom is 0.239 e. The van der Waals surface area contributed by atoms with Gasteiger partial charge in [0.2, 0.25) is 23.6 Å². The van der Waals surface area contributed by atoms with Crippen LogP contribution in [0.25, 0.3) is 0 Å². The number of ether oxygens (including phenoxy) is 6. The van der Waals surface area contributed by atoms with Crippen LogP contribution in [0.5, 0.6) is 0 Å². The summed E-state index contributed by atoms with van der Waals surface area (Å²) in [6.45, 7) is -3.31. The molecule has 4 amide bonds. The van der Waals surface area contributed by atoms with Gasteiger partial charge in [-0.3, -0.25) is 38.5 Å². The molecule has 3 aliphatic heterocycles. The van der Waals surface area contributed by atoms with Crippen molar-refractivity contribution in [2.75, 3.05) is 78.9 Å². The Hall–Kier alpha value is -3.87. The Kier molecular flexibility index (Phi) is 32.0. The SMILES string of the molecule is CCC(=O)CCCCC(=O)NCCCC[C@H](NC(=O)CNC(=O)CN(CC(=O)CCCO[C@H]1O[C@H](CO)[C@@H](O)[C@H](O)[C@@H]1O)CC(=O)NCCO[C@@H]1O[C@H](CO)[C@@H](O)[C@H](O)[C@H]1O)C(=O)CCCO[C@H]1O[C@H](CO)[C@@H](O)[C@H](O)[C@@H]1O. The largest absolute Gasteiger partial charge is 0.394 e. The molecule has 0 spiro atoms. The molecule has 30 nitrogen and oxygen atoms in total. The molecule has 3 rings (SSSR count). The molecule has 450 valence electrons. The van der Waals surface area contributed by atoms with Crippen molar-refractivity contribution in [1.29, 1.82) is 0 Å². The number of hydrogen-bond acceptors (Lipinski definition) is 26. The van der Waals surface area contributed by atoms with E-state index >= 15 is 0 Å². The van der Waals surface area contributed by atoms with Gasteiger partial charge in [-0.2, -0.15) is 0 Å².